The Morgan fingerprint density at radius 3 is 2.12 bits per heavy atom. The number of rotatable bonds is 4. The molecule has 0 saturated heterocycles. The molecule has 1 N–H and O–H groups in total. The smallest absolute Gasteiger partial charge is 0.136 e. The molecule has 4 fully saturated rings. The molecule has 0 radical (unpaired) electrons. The van der Waals surface area contributed by atoms with Gasteiger partial charge >= 0.3 is 0 Å². The van der Waals surface area contributed by atoms with Crippen molar-refractivity contribution >= 4 is 11.3 Å². The molecule has 1 aromatic heterocycles. The van der Waals surface area contributed by atoms with E-state index in [0.29, 0.717) is 6.61 Å². The summed E-state index contributed by atoms with van der Waals surface area (Å²) < 4.78 is 5.93. The SMILES string of the molecule is CCOc1ccsc1C(O)(C(C)(C)C)C12CC3CC(CC(C3)C1)C2. The zero-order valence-electron chi connectivity index (χ0n) is 15.6. The lowest BCUT2D eigenvalue weighted by atomic mass is 9.42. The molecule has 4 aliphatic carbocycles. The standard InChI is InChI=1S/C21H32O2S/c1-5-23-17-6-7-24-18(17)21(22,19(2,3)4)20-11-14-8-15(12-20)10-16(9-14)13-20/h6-7,14-16,22H,5,8-13H2,1-4H3. The molecular weight excluding hydrogens is 316 g/mol. The van der Waals surface area contributed by atoms with Gasteiger partial charge < -0.3 is 9.84 Å². The molecule has 1 aromatic rings. The van der Waals surface area contributed by atoms with Crippen molar-refractivity contribution in [3.63, 3.8) is 0 Å². The highest BCUT2D eigenvalue weighted by molar-refractivity contribution is 7.10. The molecule has 1 unspecified atom stereocenters. The number of aliphatic hydroxyl groups is 1. The van der Waals surface area contributed by atoms with Crippen molar-refractivity contribution in [2.45, 2.75) is 71.8 Å². The van der Waals surface area contributed by atoms with Gasteiger partial charge in [0, 0.05) is 5.41 Å². The van der Waals surface area contributed by atoms with Crippen LogP contribution in [0.4, 0.5) is 0 Å². The van der Waals surface area contributed by atoms with Crippen LogP contribution < -0.4 is 4.74 Å². The summed E-state index contributed by atoms with van der Waals surface area (Å²) in [5.74, 6) is 3.41. The first kappa shape index (κ1) is 16.9. The molecule has 4 bridgehead atoms. The molecule has 2 nitrogen and oxygen atoms in total. The topological polar surface area (TPSA) is 29.5 Å². The molecule has 1 heterocycles. The Hall–Kier alpha value is -0.540. The van der Waals surface area contributed by atoms with Crippen molar-refractivity contribution in [1.82, 2.24) is 0 Å². The molecule has 0 aliphatic heterocycles. The summed E-state index contributed by atoms with van der Waals surface area (Å²) in [6, 6.07) is 2.06. The van der Waals surface area contributed by atoms with E-state index in [1.165, 1.54) is 38.5 Å². The number of hydrogen-bond acceptors (Lipinski definition) is 3. The number of hydrogen-bond donors (Lipinski definition) is 1. The Bertz CT molecular complexity index is 576. The summed E-state index contributed by atoms with van der Waals surface area (Å²) in [5.41, 5.74) is -0.958. The van der Waals surface area contributed by atoms with Crippen molar-refractivity contribution in [3.8, 4) is 5.75 Å². The van der Waals surface area contributed by atoms with Gasteiger partial charge in [0.2, 0.25) is 0 Å². The van der Waals surface area contributed by atoms with Crippen molar-refractivity contribution < 1.29 is 9.84 Å². The van der Waals surface area contributed by atoms with Gasteiger partial charge in [0.15, 0.2) is 0 Å². The maximum Gasteiger partial charge on any atom is 0.136 e. The summed E-state index contributed by atoms with van der Waals surface area (Å²) in [7, 11) is 0. The highest BCUT2D eigenvalue weighted by atomic mass is 32.1. The largest absolute Gasteiger partial charge is 0.493 e. The zero-order valence-corrected chi connectivity index (χ0v) is 16.4. The fourth-order valence-corrected chi connectivity index (χ4v) is 8.03. The molecule has 134 valence electrons. The van der Waals surface area contributed by atoms with Crippen LogP contribution >= 0.6 is 11.3 Å². The second-order valence-corrected chi connectivity index (χ2v) is 10.6. The highest BCUT2D eigenvalue weighted by Gasteiger charge is 2.65. The fraction of sp³-hybridized carbons (Fsp3) is 0.810. The lowest BCUT2D eigenvalue weighted by molar-refractivity contribution is -0.228. The monoisotopic (exact) mass is 348 g/mol. The van der Waals surface area contributed by atoms with Gasteiger partial charge in [-0.15, -0.1) is 11.3 Å². The van der Waals surface area contributed by atoms with Crippen molar-refractivity contribution in [2.24, 2.45) is 28.6 Å². The maximum atomic E-state index is 12.4. The van der Waals surface area contributed by atoms with E-state index in [9.17, 15) is 5.11 Å². The third kappa shape index (κ3) is 2.23. The lowest BCUT2D eigenvalue weighted by Crippen LogP contribution is -2.61. The summed E-state index contributed by atoms with van der Waals surface area (Å²) in [4.78, 5) is 1.08. The molecule has 4 saturated carbocycles. The van der Waals surface area contributed by atoms with E-state index >= 15 is 0 Å². The molecule has 0 spiro atoms. The average molecular weight is 349 g/mol. The predicted octanol–water partition coefficient (Wildman–Crippen LogP) is 5.60. The molecule has 4 aliphatic rings. The van der Waals surface area contributed by atoms with Crippen LogP contribution in [0.25, 0.3) is 0 Å². The van der Waals surface area contributed by atoms with Gasteiger partial charge in [0.1, 0.15) is 11.4 Å². The van der Waals surface area contributed by atoms with Gasteiger partial charge in [-0.1, -0.05) is 20.8 Å². The Morgan fingerprint density at radius 2 is 1.67 bits per heavy atom. The highest BCUT2D eigenvalue weighted by Crippen LogP contribution is 2.70. The van der Waals surface area contributed by atoms with Crippen molar-refractivity contribution in [2.75, 3.05) is 6.61 Å². The lowest BCUT2D eigenvalue weighted by Gasteiger charge is -2.65. The van der Waals surface area contributed by atoms with Crippen LogP contribution in [-0.4, -0.2) is 11.7 Å². The summed E-state index contributed by atoms with van der Waals surface area (Å²) >= 11 is 1.70. The molecule has 5 rings (SSSR count). The van der Waals surface area contributed by atoms with Gasteiger partial charge in [0.05, 0.1) is 11.5 Å². The number of ether oxygens (including phenoxy) is 1. The van der Waals surface area contributed by atoms with Gasteiger partial charge in [-0.3, -0.25) is 0 Å². The minimum atomic E-state index is -0.797. The fourth-order valence-electron chi connectivity index (χ4n) is 6.76. The first-order valence-corrected chi connectivity index (χ1v) is 10.6. The maximum absolute atomic E-state index is 12.4. The van der Waals surface area contributed by atoms with E-state index in [-0.39, 0.29) is 10.8 Å². The van der Waals surface area contributed by atoms with Crippen LogP contribution in [-0.2, 0) is 5.60 Å². The Labute approximate surface area is 150 Å². The summed E-state index contributed by atoms with van der Waals surface area (Å²) in [6.45, 7) is 9.36. The first-order valence-electron chi connectivity index (χ1n) is 9.72. The van der Waals surface area contributed by atoms with E-state index in [1.54, 1.807) is 11.3 Å². The molecular formula is C21H32O2S. The van der Waals surface area contributed by atoms with Crippen LogP contribution in [0.1, 0.15) is 71.1 Å². The minimum absolute atomic E-state index is 0.0384. The van der Waals surface area contributed by atoms with E-state index in [1.807, 2.05) is 6.92 Å². The predicted molar refractivity (Wildman–Crippen MR) is 99.4 cm³/mol. The quantitative estimate of drug-likeness (QED) is 0.768. The van der Waals surface area contributed by atoms with Crippen LogP contribution in [0.2, 0.25) is 0 Å². The van der Waals surface area contributed by atoms with Crippen LogP contribution in [0.5, 0.6) is 5.75 Å². The van der Waals surface area contributed by atoms with Crippen LogP contribution in [0, 0.1) is 28.6 Å². The third-order valence-electron chi connectivity index (χ3n) is 7.15. The van der Waals surface area contributed by atoms with Crippen molar-refractivity contribution in [3.05, 3.63) is 16.3 Å². The van der Waals surface area contributed by atoms with E-state index < -0.39 is 5.60 Å². The Morgan fingerprint density at radius 1 is 1.12 bits per heavy atom. The van der Waals surface area contributed by atoms with Crippen LogP contribution in [0.15, 0.2) is 11.4 Å². The van der Waals surface area contributed by atoms with Gasteiger partial charge in [-0.2, -0.15) is 0 Å². The molecule has 1 atom stereocenters. The summed E-state index contributed by atoms with van der Waals surface area (Å²) in [5, 5.41) is 14.5. The summed E-state index contributed by atoms with van der Waals surface area (Å²) in [6.07, 6.45) is 7.83. The Balaban J connectivity index is 1.84. The minimum Gasteiger partial charge on any atom is -0.493 e. The van der Waals surface area contributed by atoms with E-state index in [2.05, 4.69) is 32.2 Å². The van der Waals surface area contributed by atoms with E-state index in [0.717, 1.165) is 28.4 Å². The normalized spacial score (nSPS) is 37.5. The van der Waals surface area contributed by atoms with Gasteiger partial charge in [0.25, 0.3) is 0 Å². The van der Waals surface area contributed by atoms with Crippen LogP contribution in [0.3, 0.4) is 0 Å². The molecule has 0 amide bonds. The van der Waals surface area contributed by atoms with Gasteiger partial charge in [-0.25, -0.2) is 0 Å². The third-order valence-corrected chi connectivity index (χ3v) is 8.15. The van der Waals surface area contributed by atoms with Crippen molar-refractivity contribution in [1.29, 1.82) is 0 Å². The number of thiophene rings is 1. The van der Waals surface area contributed by atoms with E-state index in [4.69, 9.17) is 4.74 Å². The molecule has 0 aromatic carbocycles. The second kappa shape index (κ2) is 5.48. The first-order chi connectivity index (χ1) is 11.3. The Kier molecular flexibility index (Phi) is 3.86. The van der Waals surface area contributed by atoms with Gasteiger partial charge in [-0.05, 0) is 80.1 Å². The average Bonchev–Trinajstić information content (AvgIpc) is 2.92. The molecule has 3 heteroatoms. The zero-order chi connectivity index (χ0) is 17.2. The molecule has 24 heavy (non-hydrogen) atoms. The second-order valence-electron chi connectivity index (χ2n) is 9.71.